The molecule has 0 saturated heterocycles. The summed E-state index contributed by atoms with van der Waals surface area (Å²) in [6, 6.07) is 0. The van der Waals surface area contributed by atoms with Crippen LogP contribution in [0, 0.1) is 0 Å². The highest BCUT2D eigenvalue weighted by Crippen LogP contribution is 2.12. The lowest BCUT2D eigenvalue weighted by molar-refractivity contribution is -0.142. The van der Waals surface area contributed by atoms with E-state index in [0.717, 1.165) is 19.3 Å². The molecule has 0 radical (unpaired) electrons. The summed E-state index contributed by atoms with van der Waals surface area (Å²) in [4.78, 5) is 11.2. The summed E-state index contributed by atoms with van der Waals surface area (Å²) >= 11 is 0. The lowest BCUT2D eigenvalue weighted by Crippen LogP contribution is -2.04. The number of hydrogen-bond donors (Lipinski definition) is 0. The molecule has 0 aromatic carbocycles. The van der Waals surface area contributed by atoms with E-state index in [1.165, 1.54) is 11.1 Å². The van der Waals surface area contributed by atoms with Crippen molar-refractivity contribution in [2.45, 2.75) is 39.5 Å². The molecule has 14 heavy (non-hydrogen) atoms. The summed E-state index contributed by atoms with van der Waals surface area (Å²) in [5.74, 6) is -0.0938. The highest BCUT2D eigenvalue weighted by atomic mass is 16.5. The van der Waals surface area contributed by atoms with E-state index in [4.69, 9.17) is 4.74 Å². The largest absolute Gasteiger partial charge is 0.461 e. The van der Waals surface area contributed by atoms with Gasteiger partial charge in [-0.1, -0.05) is 17.2 Å². The zero-order chi connectivity index (χ0) is 10.4. The molecule has 0 bridgehead atoms. The summed E-state index contributed by atoms with van der Waals surface area (Å²) in [5.41, 5.74) is 2.58. The van der Waals surface area contributed by atoms with Crippen molar-refractivity contribution in [2.75, 3.05) is 6.61 Å². The average molecular weight is 194 g/mol. The van der Waals surface area contributed by atoms with Crippen molar-refractivity contribution in [3.63, 3.8) is 0 Å². The van der Waals surface area contributed by atoms with Gasteiger partial charge in [0, 0.05) is 6.42 Å². The van der Waals surface area contributed by atoms with Gasteiger partial charge in [-0.05, 0) is 39.2 Å². The molecule has 0 unspecified atom stereocenters. The van der Waals surface area contributed by atoms with Gasteiger partial charge in [-0.2, -0.15) is 0 Å². The van der Waals surface area contributed by atoms with Crippen LogP contribution in [-0.2, 0) is 9.53 Å². The standard InChI is InChI=1S/C12H18O2/c1-10-4-3-5-11(2)8-9-14-12(13)7-6-10/h4,8H,3,5-7,9H2,1-2H3/b10-4-,11-8-. The fourth-order valence-corrected chi connectivity index (χ4v) is 1.40. The number of ether oxygens (including phenoxy) is 1. The molecule has 0 saturated carbocycles. The molecule has 0 aliphatic carbocycles. The Bertz CT molecular complexity index is 261. The van der Waals surface area contributed by atoms with Crippen LogP contribution in [0.2, 0.25) is 0 Å². The van der Waals surface area contributed by atoms with Gasteiger partial charge in [-0.25, -0.2) is 0 Å². The minimum atomic E-state index is -0.0938. The second-order valence-corrected chi connectivity index (χ2v) is 3.82. The SMILES string of the molecule is C/C1=C/COC(=O)CC/C(C)=C\CC1. The average Bonchev–Trinajstić information content (AvgIpc) is 2.16. The monoisotopic (exact) mass is 194 g/mol. The van der Waals surface area contributed by atoms with Gasteiger partial charge < -0.3 is 4.74 Å². The highest BCUT2D eigenvalue weighted by Gasteiger charge is 2.03. The van der Waals surface area contributed by atoms with Crippen molar-refractivity contribution in [1.82, 2.24) is 0 Å². The molecule has 0 fully saturated rings. The van der Waals surface area contributed by atoms with Crippen molar-refractivity contribution in [3.8, 4) is 0 Å². The Morgan fingerprint density at radius 1 is 1.07 bits per heavy atom. The minimum absolute atomic E-state index is 0.0938. The Morgan fingerprint density at radius 2 is 1.79 bits per heavy atom. The van der Waals surface area contributed by atoms with Crippen molar-refractivity contribution in [3.05, 3.63) is 23.3 Å². The number of rotatable bonds is 0. The second-order valence-electron chi connectivity index (χ2n) is 3.82. The van der Waals surface area contributed by atoms with Gasteiger partial charge in [0.05, 0.1) is 0 Å². The van der Waals surface area contributed by atoms with Crippen LogP contribution in [0.1, 0.15) is 39.5 Å². The Labute approximate surface area is 85.6 Å². The third kappa shape index (κ3) is 4.26. The first-order valence-corrected chi connectivity index (χ1v) is 5.15. The molecule has 0 atom stereocenters. The molecule has 1 rings (SSSR count). The molecule has 0 amide bonds. The lowest BCUT2D eigenvalue weighted by atomic mass is 10.1. The number of hydrogen-bond acceptors (Lipinski definition) is 2. The first-order valence-electron chi connectivity index (χ1n) is 5.15. The number of carbonyl (C=O) groups excluding carboxylic acids is 1. The molecule has 1 heterocycles. The van der Waals surface area contributed by atoms with Gasteiger partial charge in [-0.3, -0.25) is 4.79 Å². The molecule has 2 nitrogen and oxygen atoms in total. The Hall–Kier alpha value is -1.05. The van der Waals surface area contributed by atoms with E-state index < -0.39 is 0 Å². The van der Waals surface area contributed by atoms with E-state index in [-0.39, 0.29) is 5.97 Å². The third-order valence-electron chi connectivity index (χ3n) is 2.43. The third-order valence-corrected chi connectivity index (χ3v) is 2.43. The molecule has 78 valence electrons. The van der Waals surface area contributed by atoms with Gasteiger partial charge >= 0.3 is 5.97 Å². The molecule has 2 heteroatoms. The van der Waals surface area contributed by atoms with E-state index in [0.29, 0.717) is 13.0 Å². The fraction of sp³-hybridized carbons (Fsp3) is 0.583. The van der Waals surface area contributed by atoms with Crippen LogP contribution in [0.15, 0.2) is 23.3 Å². The van der Waals surface area contributed by atoms with E-state index in [1.54, 1.807) is 0 Å². The van der Waals surface area contributed by atoms with Crippen LogP contribution in [0.5, 0.6) is 0 Å². The summed E-state index contributed by atoms with van der Waals surface area (Å²) in [6.07, 6.45) is 7.69. The Kier molecular flexibility index (Phi) is 4.44. The quantitative estimate of drug-likeness (QED) is 0.437. The van der Waals surface area contributed by atoms with E-state index >= 15 is 0 Å². The van der Waals surface area contributed by atoms with Crippen molar-refractivity contribution >= 4 is 5.97 Å². The molecule has 1 aliphatic rings. The van der Waals surface area contributed by atoms with Gasteiger partial charge in [0.15, 0.2) is 0 Å². The van der Waals surface area contributed by atoms with E-state index in [2.05, 4.69) is 19.9 Å². The summed E-state index contributed by atoms with van der Waals surface area (Å²) in [5, 5.41) is 0. The zero-order valence-electron chi connectivity index (χ0n) is 9.01. The van der Waals surface area contributed by atoms with Crippen LogP contribution >= 0.6 is 0 Å². The van der Waals surface area contributed by atoms with Crippen LogP contribution in [-0.4, -0.2) is 12.6 Å². The molecule has 0 aromatic rings. The van der Waals surface area contributed by atoms with Gasteiger partial charge in [0.25, 0.3) is 0 Å². The number of cyclic esters (lactones) is 1. The maximum atomic E-state index is 11.2. The van der Waals surface area contributed by atoms with Crippen LogP contribution < -0.4 is 0 Å². The predicted molar refractivity (Wildman–Crippen MR) is 56.9 cm³/mol. The Morgan fingerprint density at radius 3 is 2.57 bits per heavy atom. The van der Waals surface area contributed by atoms with Gasteiger partial charge in [0.2, 0.25) is 0 Å². The van der Waals surface area contributed by atoms with Crippen LogP contribution in [0.3, 0.4) is 0 Å². The van der Waals surface area contributed by atoms with Gasteiger partial charge in [-0.15, -0.1) is 0 Å². The Balaban J connectivity index is 2.58. The normalized spacial score (nSPS) is 27.7. The zero-order valence-corrected chi connectivity index (χ0v) is 9.01. The summed E-state index contributed by atoms with van der Waals surface area (Å²) < 4.78 is 5.05. The lowest BCUT2D eigenvalue weighted by Gasteiger charge is -2.01. The fourth-order valence-electron chi connectivity index (χ4n) is 1.40. The number of esters is 1. The first kappa shape index (κ1) is 11.0. The second kappa shape index (κ2) is 5.63. The molecule has 1 aliphatic heterocycles. The van der Waals surface area contributed by atoms with E-state index in [1.807, 2.05) is 6.08 Å². The molecule has 0 aromatic heterocycles. The molecule has 0 spiro atoms. The van der Waals surface area contributed by atoms with Crippen molar-refractivity contribution in [2.24, 2.45) is 0 Å². The number of allylic oxidation sites excluding steroid dienone is 3. The predicted octanol–water partition coefficient (Wildman–Crippen LogP) is 3.00. The molecular weight excluding hydrogens is 176 g/mol. The molecular formula is C12H18O2. The summed E-state index contributed by atoms with van der Waals surface area (Å²) in [7, 11) is 0. The number of carbonyl (C=O) groups is 1. The smallest absolute Gasteiger partial charge is 0.306 e. The van der Waals surface area contributed by atoms with E-state index in [9.17, 15) is 4.79 Å². The van der Waals surface area contributed by atoms with Crippen LogP contribution in [0.25, 0.3) is 0 Å². The van der Waals surface area contributed by atoms with Crippen LogP contribution in [0.4, 0.5) is 0 Å². The summed E-state index contributed by atoms with van der Waals surface area (Å²) in [6.45, 7) is 4.59. The maximum Gasteiger partial charge on any atom is 0.306 e. The van der Waals surface area contributed by atoms with Gasteiger partial charge in [0.1, 0.15) is 6.61 Å². The highest BCUT2D eigenvalue weighted by molar-refractivity contribution is 5.69. The topological polar surface area (TPSA) is 26.3 Å². The first-order chi connectivity index (χ1) is 6.68. The van der Waals surface area contributed by atoms with Crippen molar-refractivity contribution in [1.29, 1.82) is 0 Å². The van der Waals surface area contributed by atoms with Crippen molar-refractivity contribution < 1.29 is 9.53 Å². The maximum absolute atomic E-state index is 11.2. The minimum Gasteiger partial charge on any atom is -0.461 e. The molecule has 0 N–H and O–H groups in total.